The van der Waals surface area contributed by atoms with E-state index in [2.05, 4.69) is 17.2 Å². The van der Waals surface area contributed by atoms with Crippen LogP contribution < -0.4 is 11.3 Å². The molecule has 0 bridgehead atoms. The summed E-state index contributed by atoms with van der Waals surface area (Å²) in [7, 11) is 0. The molecule has 1 heterocycles. The van der Waals surface area contributed by atoms with Gasteiger partial charge < -0.3 is 4.74 Å². The quantitative estimate of drug-likeness (QED) is 0.560. The van der Waals surface area contributed by atoms with Gasteiger partial charge in [0.2, 0.25) is 0 Å². The molecule has 4 nitrogen and oxygen atoms in total. The Labute approximate surface area is 111 Å². The van der Waals surface area contributed by atoms with Gasteiger partial charge in [-0.05, 0) is 19.3 Å². The highest BCUT2D eigenvalue weighted by Crippen LogP contribution is 2.39. The Morgan fingerprint density at radius 1 is 1.28 bits per heavy atom. The molecule has 0 aromatic heterocycles. The van der Waals surface area contributed by atoms with Crippen LogP contribution in [-0.2, 0) is 4.74 Å². The largest absolute Gasteiger partial charge is 0.379 e. The van der Waals surface area contributed by atoms with E-state index in [0.717, 1.165) is 26.3 Å². The topological polar surface area (TPSA) is 50.5 Å². The average Bonchev–Trinajstić information content (AvgIpc) is 2.91. The van der Waals surface area contributed by atoms with E-state index in [4.69, 9.17) is 10.6 Å². The molecule has 1 aliphatic heterocycles. The van der Waals surface area contributed by atoms with Crippen molar-refractivity contribution in [2.75, 3.05) is 26.3 Å². The number of rotatable bonds is 6. The van der Waals surface area contributed by atoms with Crippen molar-refractivity contribution in [1.82, 2.24) is 10.3 Å². The number of unbranched alkanes of at least 4 members (excludes halogenated alkanes) is 1. The smallest absolute Gasteiger partial charge is 0.0594 e. The minimum absolute atomic E-state index is 0.299. The fourth-order valence-corrected chi connectivity index (χ4v) is 3.80. The first-order valence-electron chi connectivity index (χ1n) is 7.62. The van der Waals surface area contributed by atoms with Crippen molar-refractivity contribution in [3.05, 3.63) is 0 Å². The van der Waals surface area contributed by atoms with Crippen LogP contribution in [0.15, 0.2) is 0 Å². The van der Waals surface area contributed by atoms with Crippen molar-refractivity contribution in [3.63, 3.8) is 0 Å². The second-order valence-corrected chi connectivity index (χ2v) is 5.77. The Kier molecular flexibility index (Phi) is 5.42. The summed E-state index contributed by atoms with van der Waals surface area (Å²) in [6.45, 7) is 6.16. The number of nitrogens with one attached hydrogen (secondary N) is 1. The fraction of sp³-hybridized carbons (Fsp3) is 1.00. The SMILES string of the molecule is CCCCC(NN)C1(N2CCOCC2)CCCC1. The minimum Gasteiger partial charge on any atom is -0.379 e. The number of nitrogens with zero attached hydrogens (tertiary/aromatic N) is 1. The molecule has 1 saturated carbocycles. The van der Waals surface area contributed by atoms with Crippen LogP contribution in [0.1, 0.15) is 51.9 Å². The van der Waals surface area contributed by atoms with Crippen molar-refractivity contribution in [2.24, 2.45) is 5.84 Å². The first kappa shape index (κ1) is 14.3. The lowest BCUT2D eigenvalue weighted by Gasteiger charge is -2.48. The van der Waals surface area contributed by atoms with Crippen LogP contribution in [0.4, 0.5) is 0 Å². The first-order chi connectivity index (χ1) is 8.83. The van der Waals surface area contributed by atoms with Gasteiger partial charge in [0, 0.05) is 24.7 Å². The van der Waals surface area contributed by atoms with Crippen LogP contribution in [0.2, 0.25) is 0 Å². The van der Waals surface area contributed by atoms with E-state index < -0.39 is 0 Å². The second-order valence-electron chi connectivity index (χ2n) is 5.77. The summed E-state index contributed by atoms with van der Waals surface area (Å²) in [6.07, 6.45) is 9.00. The summed E-state index contributed by atoms with van der Waals surface area (Å²) in [5, 5.41) is 0. The molecular weight excluding hydrogens is 226 g/mol. The molecule has 2 aliphatic rings. The van der Waals surface area contributed by atoms with E-state index in [1.807, 2.05) is 0 Å². The van der Waals surface area contributed by atoms with Crippen molar-refractivity contribution < 1.29 is 4.74 Å². The molecule has 1 atom stereocenters. The van der Waals surface area contributed by atoms with Crippen molar-refractivity contribution in [3.8, 4) is 0 Å². The molecule has 3 N–H and O–H groups in total. The molecule has 2 fully saturated rings. The fourth-order valence-electron chi connectivity index (χ4n) is 3.80. The van der Waals surface area contributed by atoms with Gasteiger partial charge >= 0.3 is 0 Å². The third-order valence-electron chi connectivity index (χ3n) is 4.81. The van der Waals surface area contributed by atoms with Crippen LogP contribution >= 0.6 is 0 Å². The minimum atomic E-state index is 0.299. The van der Waals surface area contributed by atoms with Gasteiger partial charge in [-0.2, -0.15) is 0 Å². The van der Waals surface area contributed by atoms with Gasteiger partial charge in [-0.1, -0.05) is 32.6 Å². The van der Waals surface area contributed by atoms with Gasteiger partial charge in [0.05, 0.1) is 13.2 Å². The molecule has 4 heteroatoms. The summed E-state index contributed by atoms with van der Waals surface area (Å²) >= 11 is 0. The van der Waals surface area contributed by atoms with E-state index in [0.29, 0.717) is 11.6 Å². The maximum Gasteiger partial charge on any atom is 0.0594 e. The lowest BCUT2D eigenvalue weighted by Crippen LogP contribution is -2.63. The predicted octanol–water partition coefficient (Wildman–Crippen LogP) is 1.65. The molecule has 2 rings (SSSR count). The highest BCUT2D eigenvalue weighted by atomic mass is 16.5. The Morgan fingerprint density at radius 2 is 1.94 bits per heavy atom. The maximum atomic E-state index is 5.88. The normalized spacial score (nSPS) is 26.3. The second kappa shape index (κ2) is 6.85. The van der Waals surface area contributed by atoms with Crippen LogP contribution in [0.25, 0.3) is 0 Å². The Balaban J connectivity index is 2.07. The third kappa shape index (κ3) is 2.87. The summed E-state index contributed by atoms with van der Waals surface area (Å²) in [4.78, 5) is 2.66. The van der Waals surface area contributed by atoms with Gasteiger partial charge in [0.15, 0.2) is 0 Å². The number of hydrazine groups is 1. The lowest BCUT2D eigenvalue weighted by atomic mass is 9.83. The number of ether oxygens (including phenoxy) is 1. The van der Waals surface area contributed by atoms with Gasteiger partial charge in [0.1, 0.15) is 0 Å². The molecule has 0 aromatic rings. The van der Waals surface area contributed by atoms with E-state index >= 15 is 0 Å². The standard InChI is InChI=1S/C14H29N3O/c1-2-3-6-13(16-15)14(7-4-5-8-14)17-9-11-18-12-10-17/h13,16H,2-12,15H2,1H3. The Bertz CT molecular complexity index is 235. The highest BCUT2D eigenvalue weighted by Gasteiger charge is 2.45. The molecular formula is C14H29N3O. The van der Waals surface area contributed by atoms with E-state index in [-0.39, 0.29) is 0 Å². The van der Waals surface area contributed by atoms with Gasteiger partial charge in [-0.3, -0.25) is 16.2 Å². The van der Waals surface area contributed by atoms with Crippen LogP contribution in [0, 0.1) is 0 Å². The van der Waals surface area contributed by atoms with E-state index in [1.165, 1.54) is 44.9 Å². The molecule has 0 radical (unpaired) electrons. The van der Waals surface area contributed by atoms with E-state index in [1.54, 1.807) is 0 Å². The molecule has 0 amide bonds. The van der Waals surface area contributed by atoms with Crippen molar-refractivity contribution in [2.45, 2.75) is 63.5 Å². The Morgan fingerprint density at radius 3 is 2.50 bits per heavy atom. The molecule has 1 aliphatic carbocycles. The number of nitrogens with two attached hydrogens (primary N) is 1. The molecule has 0 aromatic carbocycles. The third-order valence-corrected chi connectivity index (χ3v) is 4.81. The molecule has 18 heavy (non-hydrogen) atoms. The lowest BCUT2D eigenvalue weighted by molar-refractivity contribution is -0.0371. The summed E-state index contributed by atoms with van der Waals surface area (Å²) in [5.41, 5.74) is 3.43. The number of hydrogen-bond donors (Lipinski definition) is 2. The summed E-state index contributed by atoms with van der Waals surface area (Å²) in [5.74, 6) is 5.88. The zero-order chi connectivity index (χ0) is 12.8. The molecule has 1 unspecified atom stereocenters. The van der Waals surface area contributed by atoms with Crippen LogP contribution in [-0.4, -0.2) is 42.8 Å². The maximum absolute atomic E-state index is 5.88. The van der Waals surface area contributed by atoms with Crippen LogP contribution in [0.5, 0.6) is 0 Å². The number of hydrogen-bond acceptors (Lipinski definition) is 4. The van der Waals surface area contributed by atoms with E-state index in [9.17, 15) is 0 Å². The number of morpholine rings is 1. The summed E-state index contributed by atoms with van der Waals surface area (Å²) < 4.78 is 5.51. The van der Waals surface area contributed by atoms with Crippen molar-refractivity contribution in [1.29, 1.82) is 0 Å². The van der Waals surface area contributed by atoms with Crippen molar-refractivity contribution >= 4 is 0 Å². The Hall–Kier alpha value is -0.160. The molecule has 1 saturated heterocycles. The first-order valence-corrected chi connectivity index (χ1v) is 7.62. The van der Waals surface area contributed by atoms with Crippen LogP contribution in [0.3, 0.4) is 0 Å². The monoisotopic (exact) mass is 255 g/mol. The zero-order valence-corrected chi connectivity index (χ0v) is 11.8. The molecule has 0 spiro atoms. The van der Waals surface area contributed by atoms with Gasteiger partial charge in [-0.15, -0.1) is 0 Å². The molecule has 106 valence electrons. The van der Waals surface area contributed by atoms with Gasteiger partial charge in [-0.25, -0.2) is 0 Å². The summed E-state index contributed by atoms with van der Waals surface area (Å²) in [6, 6.07) is 0.443. The van der Waals surface area contributed by atoms with Gasteiger partial charge in [0.25, 0.3) is 0 Å². The average molecular weight is 255 g/mol. The predicted molar refractivity (Wildman–Crippen MR) is 74.2 cm³/mol. The highest BCUT2D eigenvalue weighted by molar-refractivity contribution is 5.03. The zero-order valence-electron chi connectivity index (χ0n) is 11.8.